The first-order valence-electron chi connectivity index (χ1n) is 8.76. The first-order chi connectivity index (χ1) is 10.4. The van der Waals surface area contributed by atoms with Gasteiger partial charge in [0.2, 0.25) is 0 Å². The van der Waals surface area contributed by atoms with Gasteiger partial charge in [-0.15, -0.1) is 0 Å². The van der Waals surface area contributed by atoms with Gasteiger partial charge in [-0.2, -0.15) is 0 Å². The molecule has 0 spiro atoms. The van der Waals surface area contributed by atoms with E-state index in [2.05, 4.69) is 35.6 Å². The number of aliphatic imine (C=N–C) groups is 1. The van der Waals surface area contributed by atoms with Gasteiger partial charge in [-0.25, -0.2) is 0 Å². The van der Waals surface area contributed by atoms with Crippen LogP contribution in [0.2, 0.25) is 0 Å². The maximum Gasteiger partial charge on any atom is 0.1000 e. The molecule has 1 N–H and O–H groups in total. The molecule has 2 aliphatic carbocycles. The Morgan fingerprint density at radius 3 is 2.48 bits per heavy atom. The molecule has 21 heavy (non-hydrogen) atoms. The van der Waals surface area contributed by atoms with Crippen molar-refractivity contribution in [3.05, 3.63) is 35.9 Å². The molecule has 1 aromatic rings. The minimum atomic E-state index is 0.562. The molecule has 2 saturated carbocycles. The third-order valence-corrected chi connectivity index (χ3v) is 5.73. The molecular weight excluding hydrogens is 256 g/mol. The molecule has 2 nitrogen and oxygen atoms in total. The molecule has 2 heteroatoms. The summed E-state index contributed by atoms with van der Waals surface area (Å²) < 4.78 is 0. The Labute approximate surface area is 128 Å². The van der Waals surface area contributed by atoms with Gasteiger partial charge in [0, 0.05) is 12.0 Å². The highest BCUT2D eigenvalue weighted by Gasteiger charge is 2.34. The number of nitrogens with zero attached hydrogens (tertiary/aromatic N) is 1. The van der Waals surface area contributed by atoms with Crippen LogP contribution in [-0.4, -0.2) is 17.9 Å². The van der Waals surface area contributed by atoms with Crippen LogP contribution in [0.1, 0.15) is 50.5 Å². The Kier molecular flexibility index (Phi) is 3.71. The molecule has 2 saturated heterocycles. The summed E-state index contributed by atoms with van der Waals surface area (Å²) in [5, 5.41) is 3.71. The lowest BCUT2D eigenvalue weighted by Crippen LogP contribution is -2.49. The van der Waals surface area contributed by atoms with Gasteiger partial charge in [0.15, 0.2) is 0 Å². The Hall–Kier alpha value is -1.31. The summed E-state index contributed by atoms with van der Waals surface area (Å²) in [5.41, 5.74) is 1.48. The first-order valence-corrected chi connectivity index (χ1v) is 8.76. The highest BCUT2D eigenvalue weighted by molar-refractivity contribution is 5.86. The molecule has 0 radical (unpaired) electrons. The minimum Gasteiger partial charge on any atom is -0.371 e. The van der Waals surface area contributed by atoms with E-state index in [-0.39, 0.29) is 0 Å². The van der Waals surface area contributed by atoms with Crippen molar-refractivity contribution < 1.29 is 0 Å². The molecule has 2 atom stereocenters. The van der Waals surface area contributed by atoms with E-state index in [0.717, 1.165) is 17.9 Å². The monoisotopic (exact) mass is 282 g/mol. The molecule has 0 amide bonds. The van der Waals surface area contributed by atoms with E-state index >= 15 is 0 Å². The Bertz CT molecular complexity index is 500. The average Bonchev–Trinajstić information content (AvgIpc) is 2.96. The average molecular weight is 282 g/mol. The zero-order valence-corrected chi connectivity index (χ0v) is 12.8. The third kappa shape index (κ3) is 2.86. The maximum atomic E-state index is 5.20. The fourth-order valence-electron chi connectivity index (χ4n) is 4.50. The van der Waals surface area contributed by atoms with Gasteiger partial charge in [-0.05, 0) is 56.4 Å². The van der Waals surface area contributed by atoms with Crippen molar-refractivity contribution in [1.29, 1.82) is 0 Å². The Morgan fingerprint density at radius 1 is 0.952 bits per heavy atom. The summed E-state index contributed by atoms with van der Waals surface area (Å²) in [5.74, 6) is 2.86. The van der Waals surface area contributed by atoms with Crippen LogP contribution in [0.25, 0.3) is 0 Å². The van der Waals surface area contributed by atoms with Gasteiger partial charge in [0.1, 0.15) is 0 Å². The van der Waals surface area contributed by atoms with E-state index in [1.54, 1.807) is 0 Å². The smallest absolute Gasteiger partial charge is 0.1000 e. The van der Waals surface area contributed by atoms with Gasteiger partial charge in [0.05, 0.1) is 11.9 Å². The number of amidine groups is 1. The van der Waals surface area contributed by atoms with Crippen molar-refractivity contribution in [2.24, 2.45) is 16.8 Å². The van der Waals surface area contributed by atoms with Crippen molar-refractivity contribution in [1.82, 2.24) is 5.32 Å². The van der Waals surface area contributed by atoms with Gasteiger partial charge in [0.25, 0.3) is 0 Å². The summed E-state index contributed by atoms with van der Waals surface area (Å²) in [6.45, 7) is 0. The van der Waals surface area contributed by atoms with Crippen molar-refractivity contribution in [3.8, 4) is 0 Å². The normalized spacial score (nSPS) is 36.9. The predicted octanol–water partition coefficient (Wildman–Crippen LogP) is 3.96. The molecule has 112 valence electrons. The fraction of sp³-hybridized carbons (Fsp3) is 0.632. The van der Waals surface area contributed by atoms with Crippen LogP contribution in [0.4, 0.5) is 0 Å². The van der Waals surface area contributed by atoms with Crippen LogP contribution in [-0.2, 0) is 6.42 Å². The van der Waals surface area contributed by atoms with Gasteiger partial charge >= 0.3 is 0 Å². The minimum absolute atomic E-state index is 0.562. The molecule has 2 heterocycles. The van der Waals surface area contributed by atoms with Crippen LogP contribution < -0.4 is 5.32 Å². The van der Waals surface area contributed by atoms with Crippen molar-refractivity contribution >= 4 is 5.84 Å². The van der Waals surface area contributed by atoms with E-state index in [1.807, 2.05) is 0 Å². The number of nitrogens with one attached hydrogen (secondary N) is 1. The highest BCUT2D eigenvalue weighted by Crippen LogP contribution is 2.35. The fourth-order valence-corrected chi connectivity index (χ4v) is 4.50. The second-order valence-corrected chi connectivity index (χ2v) is 7.16. The summed E-state index contributed by atoms with van der Waals surface area (Å²) in [7, 11) is 0. The third-order valence-electron chi connectivity index (χ3n) is 5.73. The molecule has 2 aliphatic heterocycles. The lowest BCUT2D eigenvalue weighted by Gasteiger charge is -2.39. The largest absolute Gasteiger partial charge is 0.371 e. The standard InChI is InChI=1S/C19H26N2/c1-2-5-14(6-3-1)13-16-7-4-8-18(16)21-19-15-9-11-17(20-19)12-10-15/h1-3,5-6,15-18H,4,7-13H2,(H,20,21)/t15?,16-,17?,18-/m1/s1. The molecule has 4 fully saturated rings. The molecule has 2 bridgehead atoms. The van der Waals surface area contributed by atoms with Gasteiger partial charge in [-0.3, -0.25) is 4.99 Å². The summed E-state index contributed by atoms with van der Waals surface area (Å²) in [4.78, 5) is 5.20. The Morgan fingerprint density at radius 2 is 1.76 bits per heavy atom. The SMILES string of the molecule is c1ccc(C[C@H]2CCC[C@H]2N=C2NC3CCC2CC3)cc1. The molecule has 5 rings (SSSR count). The summed E-state index contributed by atoms with van der Waals surface area (Å²) in [6.07, 6.45) is 10.7. The Balaban J connectivity index is 1.46. The maximum absolute atomic E-state index is 5.20. The van der Waals surface area contributed by atoms with E-state index in [1.165, 1.54) is 62.8 Å². The van der Waals surface area contributed by atoms with Crippen molar-refractivity contribution in [2.45, 2.75) is 63.5 Å². The zero-order chi connectivity index (χ0) is 14.1. The zero-order valence-electron chi connectivity index (χ0n) is 12.8. The number of hydrogen-bond donors (Lipinski definition) is 1. The lowest BCUT2D eigenvalue weighted by molar-refractivity contribution is 0.315. The molecule has 0 unspecified atom stereocenters. The quantitative estimate of drug-likeness (QED) is 0.891. The van der Waals surface area contributed by atoms with E-state index in [4.69, 9.17) is 4.99 Å². The highest BCUT2D eigenvalue weighted by atomic mass is 15.1. The molecule has 1 aromatic carbocycles. The second-order valence-electron chi connectivity index (χ2n) is 7.16. The lowest BCUT2D eigenvalue weighted by atomic mass is 9.80. The van der Waals surface area contributed by atoms with Crippen molar-refractivity contribution in [2.75, 3.05) is 0 Å². The molecule has 4 aliphatic rings. The van der Waals surface area contributed by atoms with Gasteiger partial charge in [-0.1, -0.05) is 36.8 Å². The second kappa shape index (κ2) is 5.82. The van der Waals surface area contributed by atoms with Crippen LogP contribution >= 0.6 is 0 Å². The number of hydrogen-bond acceptors (Lipinski definition) is 1. The number of benzene rings is 1. The predicted molar refractivity (Wildman–Crippen MR) is 87.6 cm³/mol. The number of piperidine rings is 2. The number of fused-ring (bicyclic) bond motifs is 3. The van der Waals surface area contributed by atoms with Crippen LogP contribution in [0.3, 0.4) is 0 Å². The van der Waals surface area contributed by atoms with E-state index < -0.39 is 0 Å². The molecular formula is C19H26N2. The van der Waals surface area contributed by atoms with Crippen LogP contribution in [0.5, 0.6) is 0 Å². The topological polar surface area (TPSA) is 24.4 Å². The first kappa shape index (κ1) is 13.4. The van der Waals surface area contributed by atoms with E-state index in [0.29, 0.717) is 6.04 Å². The van der Waals surface area contributed by atoms with E-state index in [9.17, 15) is 0 Å². The van der Waals surface area contributed by atoms with Crippen LogP contribution in [0.15, 0.2) is 35.3 Å². The summed E-state index contributed by atoms with van der Waals surface area (Å²) >= 11 is 0. The number of rotatable bonds is 3. The molecule has 0 aromatic heterocycles. The van der Waals surface area contributed by atoms with Gasteiger partial charge < -0.3 is 5.32 Å². The summed E-state index contributed by atoms with van der Waals surface area (Å²) in [6, 6.07) is 12.3. The van der Waals surface area contributed by atoms with Crippen molar-refractivity contribution in [3.63, 3.8) is 0 Å². The van der Waals surface area contributed by atoms with Crippen LogP contribution in [0, 0.1) is 11.8 Å².